The summed E-state index contributed by atoms with van der Waals surface area (Å²) in [5, 5.41) is 9.02. The zero-order chi connectivity index (χ0) is 13.1. The summed E-state index contributed by atoms with van der Waals surface area (Å²) in [4.78, 5) is 15.6. The molecular weight excluding hydrogens is 228 g/mol. The van der Waals surface area contributed by atoms with Gasteiger partial charge in [-0.1, -0.05) is 13.0 Å². The summed E-state index contributed by atoms with van der Waals surface area (Å²) in [7, 11) is 2.15. The average Bonchev–Trinajstić information content (AvgIpc) is 2.39. The van der Waals surface area contributed by atoms with E-state index in [9.17, 15) is 4.79 Å². The number of hydrogen-bond acceptors (Lipinski definition) is 3. The van der Waals surface area contributed by atoms with Crippen LogP contribution in [0.4, 0.5) is 5.69 Å². The largest absolute Gasteiger partial charge is 0.478 e. The molecule has 98 valence electrons. The van der Waals surface area contributed by atoms with Gasteiger partial charge in [-0.15, -0.1) is 0 Å². The average molecular weight is 248 g/mol. The van der Waals surface area contributed by atoms with Crippen LogP contribution in [0.1, 0.15) is 23.7 Å². The topological polar surface area (TPSA) is 43.8 Å². The number of piperazine rings is 1. The Bertz CT molecular complexity index is 434. The van der Waals surface area contributed by atoms with Crippen molar-refractivity contribution in [2.75, 3.05) is 31.6 Å². The smallest absolute Gasteiger partial charge is 0.335 e. The fourth-order valence-corrected chi connectivity index (χ4v) is 2.46. The minimum absolute atomic E-state index is 0.361. The molecule has 0 bridgehead atoms. The maximum atomic E-state index is 11.0. The van der Waals surface area contributed by atoms with Crippen molar-refractivity contribution in [3.63, 3.8) is 0 Å². The van der Waals surface area contributed by atoms with Crippen molar-refractivity contribution < 1.29 is 9.90 Å². The number of carboxylic acid groups (broad SMARTS) is 1. The molecule has 0 saturated carbocycles. The molecule has 1 unspecified atom stereocenters. The molecule has 1 fully saturated rings. The lowest BCUT2D eigenvalue weighted by molar-refractivity contribution is 0.0697. The first-order chi connectivity index (χ1) is 8.61. The zero-order valence-corrected chi connectivity index (χ0v) is 11.0. The molecule has 0 spiro atoms. The predicted molar refractivity (Wildman–Crippen MR) is 72.3 cm³/mol. The van der Waals surface area contributed by atoms with Crippen molar-refractivity contribution in [3.05, 3.63) is 29.8 Å². The van der Waals surface area contributed by atoms with Crippen LogP contribution in [0.2, 0.25) is 0 Å². The number of nitrogens with zero attached hydrogens (tertiary/aromatic N) is 2. The van der Waals surface area contributed by atoms with Crippen LogP contribution in [0.25, 0.3) is 0 Å². The van der Waals surface area contributed by atoms with Crippen molar-refractivity contribution in [1.82, 2.24) is 4.90 Å². The monoisotopic (exact) mass is 248 g/mol. The highest BCUT2D eigenvalue weighted by Gasteiger charge is 2.23. The first kappa shape index (κ1) is 12.9. The van der Waals surface area contributed by atoms with Crippen LogP contribution in [0.3, 0.4) is 0 Å². The van der Waals surface area contributed by atoms with Gasteiger partial charge in [0.15, 0.2) is 0 Å². The van der Waals surface area contributed by atoms with Gasteiger partial charge in [-0.3, -0.25) is 4.90 Å². The summed E-state index contributed by atoms with van der Waals surface area (Å²) in [5.74, 6) is -0.863. The van der Waals surface area contributed by atoms with Gasteiger partial charge in [-0.05, 0) is 31.7 Å². The van der Waals surface area contributed by atoms with E-state index < -0.39 is 5.97 Å². The van der Waals surface area contributed by atoms with Gasteiger partial charge in [0.1, 0.15) is 0 Å². The van der Waals surface area contributed by atoms with Gasteiger partial charge in [0.05, 0.1) is 5.56 Å². The lowest BCUT2D eigenvalue weighted by Crippen LogP contribution is -2.51. The van der Waals surface area contributed by atoms with E-state index in [0.29, 0.717) is 11.6 Å². The fraction of sp³-hybridized carbons (Fsp3) is 0.500. The van der Waals surface area contributed by atoms with Crippen molar-refractivity contribution in [1.29, 1.82) is 0 Å². The van der Waals surface area contributed by atoms with Gasteiger partial charge >= 0.3 is 5.97 Å². The third kappa shape index (κ3) is 2.64. The number of benzene rings is 1. The third-order valence-electron chi connectivity index (χ3n) is 3.71. The fourth-order valence-electron chi connectivity index (χ4n) is 2.46. The standard InChI is InChI=1S/C14H20N2O2/c1-3-12-10-16(8-7-15(12)2)13-6-4-5-11(9-13)14(17)18/h4-6,9,12H,3,7-8,10H2,1-2H3,(H,17,18). The van der Waals surface area contributed by atoms with Crippen LogP contribution in [0.5, 0.6) is 0 Å². The molecule has 1 atom stereocenters. The molecule has 1 aliphatic heterocycles. The highest BCUT2D eigenvalue weighted by molar-refractivity contribution is 5.88. The Morgan fingerprint density at radius 2 is 2.22 bits per heavy atom. The van der Waals surface area contributed by atoms with E-state index >= 15 is 0 Å². The van der Waals surface area contributed by atoms with Crippen LogP contribution in [0.15, 0.2) is 24.3 Å². The van der Waals surface area contributed by atoms with Crippen molar-refractivity contribution >= 4 is 11.7 Å². The molecule has 18 heavy (non-hydrogen) atoms. The molecule has 0 amide bonds. The van der Waals surface area contributed by atoms with E-state index in [4.69, 9.17) is 5.11 Å². The van der Waals surface area contributed by atoms with Crippen LogP contribution >= 0.6 is 0 Å². The lowest BCUT2D eigenvalue weighted by atomic mass is 10.1. The van der Waals surface area contributed by atoms with Gasteiger partial charge < -0.3 is 10.0 Å². The Morgan fingerprint density at radius 3 is 2.89 bits per heavy atom. The molecule has 0 aliphatic carbocycles. The van der Waals surface area contributed by atoms with Crippen molar-refractivity contribution in [2.45, 2.75) is 19.4 Å². The second kappa shape index (κ2) is 5.40. The Kier molecular flexibility index (Phi) is 3.87. The van der Waals surface area contributed by atoms with Gasteiger partial charge in [0.2, 0.25) is 0 Å². The molecule has 1 aromatic carbocycles. The molecule has 1 aromatic rings. The Labute approximate surface area is 108 Å². The summed E-state index contributed by atoms with van der Waals surface area (Å²) in [6.07, 6.45) is 1.12. The van der Waals surface area contributed by atoms with Crippen LogP contribution in [-0.4, -0.2) is 48.7 Å². The molecule has 1 heterocycles. The number of anilines is 1. The normalized spacial score (nSPS) is 21.0. The summed E-state index contributed by atoms with van der Waals surface area (Å²) in [6.45, 7) is 5.14. The van der Waals surface area contributed by atoms with Crippen LogP contribution in [0, 0.1) is 0 Å². The number of rotatable bonds is 3. The van der Waals surface area contributed by atoms with Gasteiger partial charge in [-0.2, -0.15) is 0 Å². The zero-order valence-electron chi connectivity index (χ0n) is 11.0. The van der Waals surface area contributed by atoms with E-state index in [2.05, 4.69) is 23.8 Å². The molecule has 0 radical (unpaired) electrons. The van der Waals surface area contributed by atoms with E-state index in [-0.39, 0.29) is 0 Å². The first-order valence-corrected chi connectivity index (χ1v) is 6.40. The van der Waals surface area contributed by atoms with Crippen molar-refractivity contribution in [3.8, 4) is 0 Å². The van der Waals surface area contributed by atoms with E-state index in [1.54, 1.807) is 12.1 Å². The molecular formula is C14H20N2O2. The van der Waals surface area contributed by atoms with Gasteiger partial charge in [-0.25, -0.2) is 4.79 Å². The van der Waals surface area contributed by atoms with Gasteiger partial charge in [0.25, 0.3) is 0 Å². The summed E-state index contributed by atoms with van der Waals surface area (Å²) in [5.41, 5.74) is 1.38. The van der Waals surface area contributed by atoms with Crippen molar-refractivity contribution in [2.24, 2.45) is 0 Å². The predicted octanol–water partition coefficient (Wildman–Crippen LogP) is 1.92. The molecule has 4 heteroatoms. The molecule has 1 aliphatic rings. The Hall–Kier alpha value is -1.55. The molecule has 1 saturated heterocycles. The number of carboxylic acids is 1. The second-order valence-corrected chi connectivity index (χ2v) is 4.84. The summed E-state index contributed by atoms with van der Waals surface area (Å²) in [6, 6.07) is 7.76. The summed E-state index contributed by atoms with van der Waals surface area (Å²) >= 11 is 0. The Morgan fingerprint density at radius 1 is 1.44 bits per heavy atom. The Balaban J connectivity index is 2.16. The molecule has 4 nitrogen and oxygen atoms in total. The SMILES string of the molecule is CCC1CN(c2cccc(C(=O)O)c2)CCN1C. The summed E-state index contributed by atoms with van der Waals surface area (Å²) < 4.78 is 0. The number of carbonyl (C=O) groups is 1. The molecule has 1 N–H and O–H groups in total. The van der Waals surface area contributed by atoms with Crippen LogP contribution in [-0.2, 0) is 0 Å². The maximum Gasteiger partial charge on any atom is 0.335 e. The minimum Gasteiger partial charge on any atom is -0.478 e. The first-order valence-electron chi connectivity index (χ1n) is 6.40. The third-order valence-corrected chi connectivity index (χ3v) is 3.71. The van der Waals surface area contributed by atoms with Crippen LogP contribution < -0.4 is 4.90 Å². The highest BCUT2D eigenvalue weighted by Crippen LogP contribution is 2.21. The second-order valence-electron chi connectivity index (χ2n) is 4.84. The lowest BCUT2D eigenvalue weighted by Gasteiger charge is -2.40. The molecule has 2 rings (SSSR count). The minimum atomic E-state index is -0.863. The number of aromatic carboxylic acids is 1. The highest BCUT2D eigenvalue weighted by atomic mass is 16.4. The number of hydrogen-bond donors (Lipinski definition) is 1. The maximum absolute atomic E-state index is 11.0. The number of likely N-dealkylation sites (N-methyl/N-ethyl adjacent to an activating group) is 1. The van der Waals surface area contributed by atoms with E-state index in [1.807, 2.05) is 12.1 Å². The van der Waals surface area contributed by atoms with Gasteiger partial charge in [0, 0.05) is 31.4 Å². The van der Waals surface area contributed by atoms with E-state index in [0.717, 1.165) is 31.7 Å². The molecule has 0 aromatic heterocycles. The quantitative estimate of drug-likeness (QED) is 0.887. The van der Waals surface area contributed by atoms with E-state index in [1.165, 1.54) is 0 Å².